The molecule has 2 N–H and O–H groups in total. The second-order valence-electron chi connectivity index (χ2n) is 14.0. The molecule has 5 aliphatic rings. The Bertz CT molecular complexity index is 1040. The van der Waals surface area contributed by atoms with Crippen LogP contribution in [0, 0.1) is 46.3 Å². The van der Waals surface area contributed by atoms with Crippen LogP contribution in [0.1, 0.15) is 90.5 Å². The summed E-state index contributed by atoms with van der Waals surface area (Å²) in [4.78, 5) is 15.2. The van der Waals surface area contributed by atoms with Gasteiger partial charge in [0.25, 0.3) is 0 Å². The van der Waals surface area contributed by atoms with Gasteiger partial charge in [0, 0.05) is 23.7 Å². The molecule has 1 amide bonds. The minimum atomic E-state index is -0.225. The average molecular weight is 528 g/mol. The summed E-state index contributed by atoms with van der Waals surface area (Å²) in [6.45, 7) is 8.16. The number of hydrogen-bond acceptors (Lipinski definition) is 3. The highest BCUT2D eigenvalue weighted by Gasteiger charge is 2.62. The van der Waals surface area contributed by atoms with Crippen molar-refractivity contribution in [2.24, 2.45) is 46.3 Å². The first-order valence-corrected chi connectivity index (χ1v) is 15.4. The van der Waals surface area contributed by atoms with Crippen LogP contribution in [-0.2, 0) is 11.2 Å². The summed E-state index contributed by atoms with van der Waals surface area (Å²) in [5.41, 5.74) is 2.77. The van der Waals surface area contributed by atoms with Crippen LogP contribution in [0.2, 0.25) is 5.02 Å². The summed E-state index contributed by atoms with van der Waals surface area (Å²) in [6, 6.07) is 5.89. The van der Waals surface area contributed by atoms with Gasteiger partial charge >= 0.3 is 0 Å². The first kappa shape index (κ1) is 26.1. The number of benzene rings is 1. The molecule has 0 radical (unpaired) electrons. The maximum absolute atomic E-state index is 13.2. The van der Waals surface area contributed by atoms with Gasteiger partial charge in [-0.05, 0) is 134 Å². The molecule has 0 saturated heterocycles. The summed E-state index contributed by atoms with van der Waals surface area (Å²) in [5, 5.41) is 22.6. The third-order valence-electron chi connectivity index (χ3n) is 12.5. The first-order valence-electron chi connectivity index (χ1n) is 15.1. The minimum Gasteiger partial charge on any atom is -0.393 e. The fourth-order valence-electron chi connectivity index (χ4n) is 10.5. The van der Waals surface area contributed by atoms with Crippen LogP contribution < -0.4 is 4.90 Å². The van der Waals surface area contributed by atoms with Gasteiger partial charge in [-0.25, -0.2) is 0 Å². The van der Waals surface area contributed by atoms with E-state index in [1.807, 2.05) is 23.1 Å². The summed E-state index contributed by atoms with van der Waals surface area (Å²) < 4.78 is 0. The van der Waals surface area contributed by atoms with Gasteiger partial charge in [0.15, 0.2) is 0 Å². The van der Waals surface area contributed by atoms with Crippen LogP contribution in [-0.4, -0.2) is 34.9 Å². The quantitative estimate of drug-likeness (QED) is 0.461. The van der Waals surface area contributed by atoms with Gasteiger partial charge in [0.2, 0.25) is 5.91 Å². The SMILES string of the molecule is C[C@H](CCC(=O)N1CCc2cc(Cl)ccc21)[C@H]1CC[C@H]2[C@@H]3[C@@H](O)C[C@@H]4C[C@H](O)CC[C@]4(C)[C@H]3CC[C@]12C. The van der Waals surface area contributed by atoms with Crippen LogP contribution in [0.5, 0.6) is 0 Å². The molecule has 0 spiro atoms. The Morgan fingerprint density at radius 1 is 1.08 bits per heavy atom. The second kappa shape index (κ2) is 9.52. The van der Waals surface area contributed by atoms with Crippen molar-refractivity contribution in [3.63, 3.8) is 0 Å². The molecule has 1 heterocycles. The van der Waals surface area contributed by atoms with Crippen molar-refractivity contribution in [1.82, 2.24) is 0 Å². The lowest BCUT2D eigenvalue weighted by Crippen LogP contribution is -2.58. The van der Waals surface area contributed by atoms with Gasteiger partial charge < -0.3 is 15.1 Å². The van der Waals surface area contributed by atoms with Crippen molar-refractivity contribution < 1.29 is 15.0 Å². The van der Waals surface area contributed by atoms with Crippen molar-refractivity contribution in [2.75, 3.05) is 11.4 Å². The topological polar surface area (TPSA) is 60.8 Å². The summed E-state index contributed by atoms with van der Waals surface area (Å²) in [7, 11) is 0. The van der Waals surface area contributed by atoms with Crippen LogP contribution >= 0.6 is 11.6 Å². The highest BCUT2D eigenvalue weighted by atomic mass is 35.5. The number of carbonyl (C=O) groups excluding carboxylic acids is 1. The van der Waals surface area contributed by atoms with Crippen LogP contribution in [0.3, 0.4) is 0 Å². The van der Waals surface area contributed by atoms with Gasteiger partial charge in [-0.15, -0.1) is 0 Å². The van der Waals surface area contributed by atoms with Crippen molar-refractivity contribution in [3.8, 4) is 0 Å². The van der Waals surface area contributed by atoms with Crippen LogP contribution in [0.4, 0.5) is 5.69 Å². The molecular weight excluding hydrogens is 482 g/mol. The Labute approximate surface area is 228 Å². The van der Waals surface area contributed by atoms with E-state index in [0.29, 0.717) is 41.9 Å². The molecule has 1 aliphatic heterocycles. The number of anilines is 1. The molecule has 1 aromatic rings. The summed E-state index contributed by atoms with van der Waals surface area (Å²) >= 11 is 6.16. The van der Waals surface area contributed by atoms with E-state index in [1.165, 1.54) is 31.2 Å². The summed E-state index contributed by atoms with van der Waals surface area (Å²) in [6.07, 6.45) is 10.8. The zero-order chi connectivity index (χ0) is 26.1. The van der Waals surface area contributed by atoms with Gasteiger partial charge in [-0.1, -0.05) is 32.4 Å². The Hall–Kier alpha value is -1.10. The molecule has 4 nitrogen and oxygen atoms in total. The van der Waals surface area contributed by atoms with E-state index in [9.17, 15) is 15.0 Å². The van der Waals surface area contributed by atoms with E-state index >= 15 is 0 Å². The molecule has 0 unspecified atom stereocenters. The number of halogens is 1. The van der Waals surface area contributed by atoms with E-state index in [-0.39, 0.29) is 28.9 Å². The Morgan fingerprint density at radius 2 is 1.84 bits per heavy atom. The Kier molecular flexibility index (Phi) is 6.73. The van der Waals surface area contributed by atoms with E-state index in [1.54, 1.807) is 0 Å². The standard InChI is InChI=1S/C32H46ClNO3/c1-19(4-9-29(37)34-15-12-20-16-22(33)5-8-27(20)34)24-6-7-25-30-26(11-14-32(24,25)3)31(2)13-10-23(35)17-21(31)18-28(30)36/h5,8,16,19,21,23-26,28,30,35-36H,4,6-7,9-15,17-18H2,1-3H3/t19-,21+,23-,24-,25+,26+,28+,30+,31+,32-/m1/s1. The molecule has 1 aromatic carbocycles. The third-order valence-corrected chi connectivity index (χ3v) is 12.7. The Balaban J connectivity index is 1.13. The van der Waals surface area contributed by atoms with Crippen molar-refractivity contribution in [1.29, 1.82) is 0 Å². The van der Waals surface area contributed by atoms with E-state index in [0.717, 1.165) is 55.8 Å². The lowest BCUT2D eigenvalue weighted by Gasteiger charge is -2.62. The van der Waals surface area contributed by atoms with E-state index in [4.69, 9.17) is 11.6 Å². The predicted octanol–water partition coefficient (Wildman–Crippen LogP) is 6.64. The molecule has 204 valence electrons. The van der Waals surface area contributed by atoms with E-state index in [2.05, 4.69) is 20.8 Å². The normalized spacial score (nSPS) is 43.5. The molecule has 0 bridgehead atoms. The van der Waals surface area contributed by atoms with Crippen molar-refractivity contribution >= 4 is 23.2 Å². The predicted molar refractivity (Wildman–Crippen MR) is 149 cm³/mol. The number of carbonyl (C=O) groups is 1. The zero-order valence-electron chi connectivity index (χ0n) is 23.0. The lowest BCUT2D eigenvalue weighted by molar-refractivity contribution is -0.174. The number of amides is 1. The lowest BCUT2D eigenvalue weighted by atomic mass is 9.43. The highest BCUT2D eigenvalue weighted by Crippen LogP contribution is 2.68. The molecule has 4 saturated carbocycles. The molecule has 4 fully saturated rings. The third kappa shape index (κ3) is 4.19. The van der Waals surface area contributed by atoms with Crippen molar-refractivity contribution in [2.45, 2.75) is 104 Å². The fraction of sp³-hybridized carbons (Fsp3) is 0.781. The maximum atomic E-state index is 13.2. The monoisotopic (exact) mass is 527 g/mol. The zero-order valence-corrected chi connectivity index (χ0v) is 23.7. The second-order valence-corrected chi connectivity index (χ2v) is 14.5. The van der Waals surface area contributed by atoms with Gasteiger partial charge in [-0.3, -0.25) is 4.79 Å². The number of nitrogens with zero attached hydrogens (tertiary/aromatic N) is 1. The smallest absolute Gasteiger partial charge is 0.227 e. The average Bonchev–Trinajstić information content (AvgIpc) is 3.44. The molecule has 0 aromatic heterocycles. The van der Waals surface area contributed by atoms with Gasteiger partial charge in [0.1, 0.15) is 0 Å². The van der Waals surface area contributed by atoms with Crippen LogP contribution in [0.25, 0.3) is 0 Å². The Morgan fingerprint density at radius 3 is 2.65 bits per heavy atom. The highest BCUT2D eigenvalue weighted by molar-refractivity contribution is 6.30. The van der Waals surface area contributed by atoms with Crippen molar-refractivity contribution in [3.05, 3.63) is 28.8 Å². The minimum absolute atomic E-state index is 0.179. The van der Waals surface area contributed by atoms with Gasteiger partial charge in [-0.2, -0.15) is 0 Å². The fourth-order valence-corrected chi connectivity index (χ4v) is 10.7. The van der Waals surface area contributed by atoms with Gasteiger partial charge in [0.05, 0.1) is 12.2 Å². The van der Waals surface area contributed by atoms with Crippen LogP contribution in [0.15, 0.2) is 18.2 Å². The maximum Gasteiger partial charge on any atom is 0.227 e. The van der Waals surface area contributed by atoms with E-state index < -0.39 is 0 Å². The molecule has 5 heteroatoms. The molecule has 4 aliphatic carbocycles. The summed E-state index contributed by atoms with van der Waals surface area (Å²) in [5.74, 6) is 3.43. The number of aliphatic hydroxyl groups is 2. The number of aliphatic hydroxyl groups excluding tert-OH is 2. The number of fused-ring (bicyclic) bond motifs is 6. The number of hydrogen-bond donors (Lipinski definition) is 2. The number of rotatable bonds is 4. The first-order chi connectivity index (χ1) is 17.6. The largest absolute Gasteiger partial charge is 0.393 e. The molecular formula is C32H46ClNO3. The molecule has 10 atom stereocenters. The molecule has 37 heavy (non-hydrogen) atoms. The molecule has 6 rings (SSSR count).